The molecule has 2 heterocycles. The van der Waals surface area contributed by atoms with Crippen molar-refractivity contribution in [2.45, 2.75) is 32.0 Å². The highest BCUT2D eigenvalue weighted by Gasteiger charge is 2.33. The Morgan fingerprint density at radius 3 is 2.75 bits per heavy atom. The van der Waals surface area contributed by atoms with E-state index >= 15 is 0 Å². The summed E-state index contributed by atoms with van der Waals surface area (Å²) < 4.78 is 43.7. The second kappa shape index (κ2) is 6.25. The van der Waals surface area contributed by atoms with Crippen LogP contribution in [-0.4, -0.2) is 35.8 Å². The Balaban J connectivity index is 2.11. The third-order valence-electron chi connectivity index (χ3n) is 2.89. The van der Waals surface area contributed by atoms with Crippen LogP contribution in [0.4, 0.5) is 24.9 Å². The number of anilines is 2. The van der Waals surface area contributed by atoms with Crippen molar-refractivity contribution in [2.24, 2.45) is 0 Å². The molecule has 0 bridgehead atoms. The van der Waals surface area contributed by atoms with E-state index in [0.29, 0.717) is 19.7 Å². The average Bonchev–Trinajstić information content (AvgIpc) is 2.88. The molecule has 0 saturated carbocycles. The zero-order valence-electron chi connectivity index (χ0n) is 11.1. The fraction of sp³-hybridized carbons (Fsp3) is 0.667. The molecule has 0 spiro atoms. The normalized spacial score (nSPS) is 19.1. The fourth-order valence-corrected chi connectivity index (χ4v) is 1.94. The number of halogens is 3. The van der Waals surface area contributed by atoms with Crippen molar-refractivity contribution in [2.75, 3.05) is 30.3 Å². The lowest BCUT2D eigenvalue weighted by Gasteiger charge is -2.14. The van der Waals surface area contributed by atoms with Gasteiger partial charge in [-0.1, -0.05) is 0 Å². The number of nitrogens with one attached hydrogen (secondary N) is 2. The molecule has 8 heteroatoms. The van der Waals surface area contributed by atoms with Gasteiger partial charge in [-0.3, -0.25) is 0 Å². The summed E-state index contributed by atoms with van der Waals surface area (Å²) in [6, 6.07) is 0.912. The van der Waals surface area contributed by atoms with E-state index in [1.54, 1.807) is 6.92 Å². The average molecular weight is 290 g/mol. The summed E-state index contributed by atoms with van der Waals surface area (Å²) in [4.78, 5) is 7.46. The number of alkyl halides is 3. The second-order valence-electron chi connectivity index (χ2n) is 4.51. The standard InChI is InChI=1S/C12H17F3N4O/c1-2-16-11-18-9(12(13,14)15)6-10(19-11)17-7-8-4-3-5-20-8/h6,8H,2-5,7H2,1H3,(H2,16,17,18,19)/t8-/m0/s1. The minimum atomic E-state index is -4.49. The van der Waals surface area contributed by atoms with Gasteiger partial charge in [0, 0.05) is 25.8 Å². The van der Waals surface area contributed by atoms with E-state index in [1.165, 1.54) is 0 Å². The van der Waals surface area contributed by atoms with Gasteiger partial charge in [-0.05, 0) is 19.8 Å². The van der Waals surface area contributed by atoms with Crippen molar-refractivity contribution < 1.29 is 17.9 Å². The predicted molar refractivity (Wildman–Crippen MR) is 68.7 cm³/mol. The summed E-state index contributed by atoms with van der Waals surface area (Å²) >= 11 is 0. The van der Waals surface area contributed by atoms with Gasteiger partial charge < -0.3 is 15.4 Å². The molecule has 1 atom stereocenters. The van der Waals surface area contributed by atoms with E-state index in [-0.39, 0.29) is 17.9 Å². The van der Waals surface area contributed by atoms with Crippen molar-refractivity contribution >= 4 is 11.8 Å². The highest BCUT2D eigenvalue weighted by atomic mass is 19.4. The van der Waals surface area contributed by atoms with E-state index in [4.69, 9.17) is 4.74 Å². The Bertz CT molecular complexity index is 447. The molecule has 20 heavy (non-hydrogen) atoms. The summed E-state index contributed by atoms with van der Waals surface area (Å²) in [6.07, 6.45) is -2.58. The number of rotatable bonds is 5. The monoisotopic (exact) mass is 290 g/mol. The quantitative estimate of drug-likeness (QED) is 0.872. The molecule has 0 radical (unpaired) electrons. The van der Waals surface area contributed by atoms with Crippen LogP contribution in [0.2, 0.25) is 0 Å². The molecular formula is C12H17F3N4O. The lowest BCUT2D eigenvalue weighted by Crippen LogP contribution is -2.20. The van der Waals surface area contributed by atoms with Crippen LogP contribution >= 0.6 is 0 Å². The molecule has 1 aliphatic rings. The number of hydrogen-bond acceptors (Lipinski definition) is 5. The second-order valence-corrected chi connectivity index (χ2v) is 4.51. The highest BCUT2D eigenvalue weighted by molar-refractivity contribution is 5.43. The summed E-state index contributed by atoms with van der Waals surface area (Å²) in [5.41, 5.74) is -0.960. The van der Waals surface area contributed by atoms with Crippen LogP contribution in [0.1, 0.15) is 25.5 Å². The molecule has 0 unspecified atom stereocenters. The Morgan fingerprint density at radius 1 is 1.35 bits per heavy atom. The lowest BCUT2D eigenvalue weighted by molar-refractivity contribution is -0.141. The number of ether oxygens (including phenoxy) is 1. The van der Waals surface area contributed by atoms with E-state index in [9.17, 15) is 13.2 Å². The third kappa shape index (κ3) is 3.96. The molecule has 1 aromatic heterocycles. The van der Waals surface area contributed by atoms with Crippen LogP contribution in [0.3, 0.4) is 0 Å². The highest BCUT2D eigenvalue weighted by Crippen LogP contribution is 2.29. The maximum absolute atomic E-state index is 12.8. The Hall–Kier alpha value is -1.57. The maximum Gasteiger partial charge on any atom is 0.433 e. The number of aromatic nitrogens is 2. The zero-order valence-corrected chi connectivity index (χ0v) is 11.1. The zero-order chi connectivity index (χ0) is 14.6. The molecular weight excluding hydrogens is 273 g/mol. The lowest BCUT2D eigenvalue weighted by atomic mass is 10.2. The molecule has 1 saturated heterocycles. The molecule has 0 aromatic carbocycles. The van der Waals surface area contributed by atoms with E-state index < -0.39 is 11.9 Å². The van der Waals surface area contributed by atoms with Gasteiger partial charge in [-0.15, -0.1) is 0 Å². The SMILES string of the molecule is CCNc1nc(NC[C@@H]2CCCO2)cc(C(F)(F)F)n1. The van der Waals surface area contributed by atoms with Crippen LogP contribution in [0.15, 0.2) is 6.07 Å². The van der Waals surface area contributed by atoms with Crippen molar-refractivity contribution in [1.29, 1.82) is 0 Å². The van der Waals surface area contributed by atoms with E-state index in [0.717, 1.165) is 18.9 Å². The first kappa shape index (κ1) is 14.8. The largest absolute Gasteiger partial charge is 0.433 e. The first-order chi connectivity index (χ1) is 9.49. The van der Waals surface area contributed by atoms with Crippen LogP contribution in [0.25, 0.3) is 0 Å². The smallest absolute Gasteiger partial charge is 0.376 e. The Kier molecular flexibility index (Phi) is 4.64. The Labute approximate surface area is 114 Å². The van der Waals surface area contributed by atoms with E-state index in [1.807, 2.05) is 0 Å². The summed E-state index contributed by atoms with van der Waals surface area (Å²) in [7, 11) is 0. The predicted octanol–water partition coefficient (Wildman–Crippen LogP) is 2.52. The topological polar surface area (TPSA) is 59.1 Å². The van der Waals surface area contributed by atoms with Gasteiger partial charge in [-0.2, -0.15) is 18.2 Å². The third-order valence-corrected chi connectivity index (χ3v) is 2.89. The molecule has 0 aliphatic carbocycles. The number of nitrogens with zero attached hydrogens (tertiary/aromatic N) is 2. The van der Waals surface area contributed by atoms with Crippen molar-refractivity contribution in [1.82, 2.24) is 9.97 Å². The van der Waals surface area contributed by atoms with Gasteiger partial charge >= 0.3 is 6.18 Å². The molecule has 2 N–H and O–H groups in total. The molecule has 2 rings (SSSR count). The van der Waals surface area contributed by atoms with Crippen LogP contribution in [-0.2, 0) is 10.9 Å². The van der Waals surface area contributed by atoms with Gasteiger partial charge in [0.1, 0.15) is 5.82 Å². The first-order valence-corrected chi connectivity index (χ1v) is 6.54. The van der Waals surface area contributed by atoms with Crippen LogP contribution in [0, 0.1) is 0 Å². The summed E-state index contributed by atoms with van der Waals surface area (Å²) in [5.74, 6) is 0.121. The molecule has 1 aromatic rings. The molecule has 1 aliphatic heterocycles. The van der Waals surface area contributed by atoms with Crippen LogP contribution < -0.4 is 10.6 Å². The maximum atomic E-state index is 12.8. The first-order valence-electron chi connectivity index (χ1n) is 6.54. The van der Waals surface area contributed by atoms with Crippen molar-refractivity contribution in [3.8, 4) is 0 Å². The Morgan fingerprint density at radius 2 is 2.15 bits per heavy atom. The molecule has 112 valence electrons. The van der Waals surface area contributed by atoms with Gasteiger partial charge in [0.05, 0.1) is 6.10 Å². The summed E-state index contributed by atoms with van der Waals surface area (Å²) in [6.45, 7) is 3.36. The van der Waals surface area contributed by atoms with Crippen molar-refractivity contribution in [3.63, 3.8) is 0 Å². The molecule has 1 fully saturated rings. The minimum absolute atomic E-state index is 0.0295. The van der Waals surface area contributed by atoms with E-state index in [2.05, 4.69) is 20.6 Å². The van der Waals surface area contributed by atoms with Crippen LogP contribution in [0.5, 0.6) is 0 Å². The van der Waals surface area contributed by atoms with Gasteiger partial charge in [-0.25, -0.2) is 4.98 Å². The summed E-state index contributed by atoms with van der Waals surface area (Å²) in [5, 5.41) is 5.58. The van der Waals surface area contributed by atoms with Gasteiger partial charge in [0.2, 0.25) is 5.95 Å². The molecule has 5 nitrogen and oxygen atoms in total. The number of hydrogen-bond donors (Lipinski definition) is 2. The fourth-order valence-electron chi connectivity index (χ4n) is 1.94. The van der Waals surface area contributed by atoms with Gasteiger partial charge in [0.15, 0.2) is 5.69 Å². The van der Waals surface area contributed by atoms with Crippen molar-refractivity contribution in [3.05, 3.63) is 11.8 Å². The molecule has 0 amide bonds. The van der Waals surface area contributed by atoms with Gasteiger partial charge in [0.25, 0.3) is 0 Å². The minimum Gasteiger partial charge on any atom is -0.376 e.